The Kier molecular flexibility index (Phi) is 7.20. The molecule has 1 aliphatic heterocycles. The molecule has 188 valence electrons. The van der Waals surface area contributed by atoms with Gasteiger partial charge in [0, 0.05) is 10.9 Å². The van der Waals surface area contributed by atoms with Crippen LogP contribution < -0.4 is 5.32 Å². The van der Waals surface area contributed by atoms with E-state index in [2.05, 4.69) is 5.32 Å². The Morgan fingerprint density at radius 1 is 0.842 bits per heavy atom. The van der Waals surface area contributed by atoms with Crippen molar-refractivity contribution in [3.8, 4) is 0 Å². The zero-order valence-corrected chi connectivity index (χ0v) is 21.2. The van der Waals surface area contributed by atoms with E-state index in [1.165, 1.54) is 4.90 Å². The van der Waals surface area contributed by atoms with Crippen molar-refractivity contribution >= 4 is 35.5 Å². The van der Waals surface area contributed by atoms with E-state index in [-0.39, 0.29) is 12.3 Å². The highest BCUT2D eigenvalue weighted by Gasteiger charge is 2.54. The molecule has 0 unspecified atom stereocenters. The topological polar surface area (TPSA) is 66.5 Å². The molecule has 1 N–H and O–H groups in total. The van der Waals surface area contributed by atoms with E-state index in [9.17, 15) is 14.4 Å². The minimum atomic E-state index is -1.57. The zero-order chi connectivity index (χ0) is 26.5. The molecule has 0 aromatic heterocycles. The van der Waals surface area contributed by atoms with Crippen LogP contribution in [0.1, 0.15) is 28.2 Å². The molecule has 0 aliphatic carbocycles. The lowest BCUT2D eigenvalue weighted by Gasteiger charge is -2.45. The smallest absolute Gasteiger partial charge is 0.265 e. The quantitative estimate of drug-likeness (QED) is 0.317. The van der Waals surface area contributed by atoms with Crippen LogP contribution in [0.2, 0.25) is 5.02 Å². The van der Waals surface area contributed by atoms with E-state index >= 15 is 0 Å². The summed E-state index contributed by atoms with van der Waals surface area (Å²) in [6, 6.07) is 34.8. The van der Waals surface area contributed by atoms with Crippen molar-refractivity contribution in [2.75, 3.05) is 0 Å². The van der Waals surface area contributed by atoms with Crippen LogP contribution in [0.4, 0.5) is 0 Å². The first-order chi connectivity index (χ1) is 18.5. The third-order valence-corrected chi connectivity index (χ3v) is 7.09. The molecule has 0 saturated carbocycles. The van der Waals surface area contributed by atoms with Crippen LogP contribution in [-0.2, 0) is 26.3 Å². The van der Waals surface area contributed by atoms with Gasteiger partial charge in [-0.2, -0.15) is 0 Å². The summed E-state index contributed by atoms with van der Waals surface area (Å²) in [6.07, 6.45) is 2.44. The summed E-state index contributed by atoms with van der Waals surface area (Å²) < 4.78 is 0. The Labute approximate surface area is 226 Å². The van der Waals surface area contributed by atoms with Gasteiger partial charge < -0.3 is 5.32 Å². The fourth-order valence-electron chi connectivity index (χ4n) is 5.06. The molecule has 5 rings (SSSR count). The van der Waals surface area contributed by atoms with Crippen molar-refractivity contribution in [2.45, 2.75) is 17.9 Å². The highest BCUT2D eigenvalue weighted by Crippen LogP contribution is 2.46. The van der Waals surface area contributed by atoms with Crippen molar-refractivity contribution in [1.29, 1.82) is 0 Å². The van der Waals surface area contributed by atoms with Crippen LogP contribution in [0.5, 0.6) is 0 Å². The Hall–Kier alpha value is -4.48. The molecular weight excluding hydrogens is 496 g/mol. The summed E-state index contributed by atoms with van der Waals surface area (Å²) in [5, 5.41) is 3.40. The molecule has 38 heavy (non-hydrogen) atoms. The molecule has 6 heteroatoms. The highest BCUT2D eigenvalue weighted by atomic mass is 35.5. The molecular formula is C32H25ClN2O3. The molecule has 4 aromatic rings. The number of nitrogens with one attached hydrogen (secondary N) is 1. The first kappa shape index (κ1) is 25.2. The summed E-state index contributed by atoms with van der Waals surface area (Å²) in [7, 11) is 0. The van der Waals surface area contributed by atoms with Crippen LogP contribution in [0.25, 0.3) is 5.70 Å². The second-order valence-electron chi connectivity index (χ2n) is 9.08. The van der Waals surface area contributed by atoms with Crippen LogP contribution in [0.15, 0.2) is 121 Å². The Bertz CT molecular complexity index is 1470. The normalized spacial score (nSPS) is 19.0. The molecule has 1 aliphatic rings. The van der Waals surface area contributed by atoms with Gasteiger partial charge in [-0.1, -0.05) is 115 Å². The summed E-state index contributed by atoms with van der Waals surface area (Å²) in [4.78, 5) is 42.0. The van der Waals surface area contributed by atoms with Crippen molar-refractivity contribution in [1.82, 2.24) is 10.2 Å². The minimum Gasteiger partial charge on any atom is -0.340 e. The van der Waals surface area contributed by atoms with Gasteiger partial charge in [-0.05, 0) is 40.5 Å². The predicted molar refractivity (Wildman–Crippen MR) is 148 cm³/mol. The third kappa shape index (κ3) is 4.64. The summed E-state index contributed by atoms with van der Waals surface area (Å²) >= 11 is 6.19. The van der Waals surface area contributed by atoms with Gasteiger partial charge in [0.25, 0.3) is 5.91 Å². The minimum absolute atomic E-state index is 0.0221. The molecule has 0 saturated heterocycles. The lowest BCUT2D eigenvalue weighted by molar-refractivity contribution is -0.147. The van der Waals surface area contributed by atoms with E-state index in [0.717, 1.165) is 11.1 Å². The van der Waals surface area contributed by atoms with Gasteiger partial charge in [-0.15, -0.1) is 0 Å². The number of carbonyl (C=O) groups excluding carboxylic acids is 3. The van der Waals surface area contributed by atoms with E-state index in [0.29, 0.717) is 28.3 Å². The van der Waals surface area contributed by atoms with Crippen molar-refractivity contribution < 1.29 is 14.4 Å². The van der Waals surface area contributed by atoms with Crippen molar-refractivity contribution in [3.05, 3.63) is 149 Å². The van der Waals surface area contributed by atoms with Crippen LogP contribution >= 0.6 is 11.6 Å². The lowest BCUT2D eigenvalue weighted by Crippen LogP contribution is -2.61. The zero-order valence-electron chi connectivity index (χ0n) is 20.5. The van der Waals surface area contributed by atoms with Crippen molar-refractivity contribution in [3.63, 3.8) is 0 Å². The number of benzene rings is 4. The molecule has 0 radical (unpaired) electrons. The van der Waals surface area contributed by atoms with E-state index in [1.807, 2.05) is 97.1 Å². The van der Waals surface area contributed by atoms with E-state index in [4.69, 9.17) is 11.6 Å². The Balaban J connectivity index is 1.76. The first-order valence-electron chi connectivity index (χ1n) is 12.3. The predicted octanol–water partition coefficient (Wildman–Crippen LogP) is 5.72. The number of nitrogens with zero attached hydrogens (tertiary/aromatic N) is 1. The first-order valence-corrected chi connectivity index (χ1v) is 12.6. The lowest BCUT2D eigenvalue weighted by atomic mass is 9.70. The molecule has 2 atom stereocenters. The number of halogens is 1. The number of amides is 3. The molecule has 0 fully saturated rings. The maximum Gasteiger partial charge on any atom is 0.265 e. The van der Waals surface area contributed by atoms with Gasteiger partial charge in [0.2, 0.25) is 12.3 Å². The Morgan fingerprint density at radius 2 is 1.42 bits per heavy atom. The molecule has 3 amide bonds. The molecule has 4 aromatic carbocycles. The fourth-order valence-corrected chi connectivity index (χ4v) is 5.18. The number of imide groups is 1. The van der Waals surface area contributed by atoms with E-state index < -0.39 is 17.4 Å². The van der Waals surface area contributed by atoms with Gasteiger partial charge in [-0.25, -0.2) is 4.90 Å². The summed E-state index contributed by atoms with van der Waals surface area (Å²) in [5.74, 6) is -1.55. The number of hydrogen-bond donors (Lipinski definition) is 1. The van der Waals surface area contributed by atoms with Gasteiger partial charge in [-0.3, -0.25) is 14.4 Å². The van der Waals surface area contributed by atoms with Gasteiger partial charge in [0.1, 0.15) is 0 Å². The average molecular weight is 521 g/mol. The number of hydrogen-bond acceptors (Lipinski definition) is 3. The van der Waals surface area contributed by atoms with Gasteiger partial charge in [0.15, 0.2) is 5.54 Å². The molecule has 0 spiro atoms. The number of carbonyl (C=O) groups is 3. The highest BCUT2D eigenvalue weighted by molar-refractivity contribution is 6.30. The molecule has 5 nitrogen and oxygen atoms in total. The molecule has 0 bridgehead atoms. The van der Waals surface area contributed by atoms with E-state index in [1.54, 1.807) is 24.3 Å². The summed E-state index contributed by atoms with van der Waals surface area (Å²) in [6.45, 7) is 0. The third-order valence-electron chi connectivity index (χ3n) is 6.83. The fraction of sp³-hybridized carbons (Fsp3) is 0.0938. The second kappa shape index (κ2) is 10.9. The largest absolute Gasteiger partial charge is 0.340 e. The standard InChI is InChI=1S/C32H25ClN2O3/c33-27-18-16-24(17-19-27)28-21-29(25-12-6-2-7-13-25)35(30(37)20-23-10-4-1-5-11-23)31(38)32(28,34-22-36)26-14-8-3-9-15-26/h1-19,21-22,28H,20H2,(H,34,36)/t28-,32+/m0/s1. The number of rotatable bonds is 7. The molecule has 1 heterocycles. The maximum atomic E-state index is 14.7. The summed E-state index contributed by atoms with van der Waals surface area (Å²) in [5.41, 5.74) is 1.74. The Morgan fingerprint density at radius 3 is 2.03 bits per heavy atom. The monoisotopic (exact) mass is 520 g/mol. The van der Waals surface area contributed by atoms with Crippen LogP contribution in [0.3, 0.4) is 0 Å². The maximum absolute atomic E-state index is 14.7. The SMILES string of the molecule is O=CN[C@@]1(c2ccccc2)C(=O)N(C(=O)Cc2ccccc2)C(c2ccccc2)=C[C@H]1c1ccc(Cl)cc1. The van der Waals surface area contributed by atoms with Gasteiger partial charge in [0.05, 0.1) is 12.1 Å². The van der Waals surface area contributed by atoms with Crippen LogP contribution in [-0.4, -0.2) is 23.1 Å². The van der Waals surface area contributed by atoms with Gasteiger partial charge >= 0.3 is 0 Å². The van der Waals surface area contributed by atoms with Crippen LogP contribution in [0, 0.1) is 0 Å². The van der Waals surface area contributed by atoms with Crippen molar-refractivity contribution in [2.24, 2.45) is 0 Å². The second-order valence-corrected chi connectivity index (χ2v) is 9.52. The average Bonchev–Trinajstić information content (AvgIpc) is 2.96.